The summed E-state index contributed by atoms with van der Waals surface area (Å²) >= 11 is 0. The summed E-state index contributed by atoms with van der Waals surface area (Å²) < 4.78 is 5.41. The van der Waals surface area contributed by atoms with Crippen LogP contribution in [0.15, 0.2) is 18.2 Å². The van der Waals surface area contributed by atoms with Crippen LogP contribution in [0, 0.1) is 5.92 Å². The normalized spacial score (nSPS) is 14.9. The van der Waals surface area contributed by atoms with E-state index in [0.717, 1.165) is 16.9 Å². The Morgan fingerprint density at radius 2 is 2.13 bits per heavy atom. The number of carbonyl (C=O) groups excluding carboxylic acids is 2. The second-order valence-electron chi connectivity index (χ2n) is 6.03. The Labute approximate surface area is 137 Å². The highest BCUT2D eigenvalue weighted by atomic mass is 16.5. The molecule has 1 aromatic carbocycles. The minimum Gasteiger partial charge on any atom is -0.380 e. The summed E-state index contributed by atoms with van der Waals surface area (Å²) in [5.74, 6) is 0.317. The van der Waals surface area contributed by atoms with Crippen LogP contribution in [0.5, 0.6) is 0 Å². The average molecular weight is 319 g/mol. The van der Waals surface area contributed by atoms with Crippen LogP contribution >= 0.6 is 0 Å². The SMILES string of the molecule is CCOC[C@@H](NC(=O)Nc1ccc2c(c1)CCC(=O)N2)C(C)C. The molecule has 2 rings (SSSR count). The van der Waals surface area contributed by atoms with Gasteiger partial charge >= 0.3 is 6.03 Å². The first kappa shape index (κ1) is 17.3. The Morgan fingerprint density at radius 3 is 2.83 bits per heavy atom. The number of carbonyl (C=O) groups is 2. The zero-order chi connectivity index (χ0) is 16.8. The fourth-order valence-corrected chi connectivity index (χ4v) is 2.44. The molecule has 0 saturated carbocycles. The van der Waals surface area contributed by atoms with Gasteiger partial charge in [0.15, 0.2) is 0 Å². The van der Waals surface area contributed by atoms with Crippen molar-refractivity contribution in [2.75, 3.05) is 23.8 Å². The van der Waals surface area contributed by atoms with E-state index >= 15 is 0 Å². The lowest BCUT2D eigenvalue weighted by atomic mass is 10.0. The van der Waals surface area contributed by atoms with Crippen LogP contribution in [0.1, 0.15) is 32.8 Å². The van der Waals surface area contributed by atoms with E-state index in [9.17, 15) is 9.59 Å². The molecular formula is C17H25N3O3. The van der Waals surface area contributed by atoms with E-state index in [-0.39, 0.29) is 23.9 Å². The summed E-state index contributed by atoms with van der Waals surface area (Å²) in [6.45, 7) is 7.15. The Hall–Kier alpha value is -2.08. The van der Waals surface area contributed by atoms with Crippen LogP contribution < -0.4 is 16.0 Å². The lowest BCUT2D eigenvalue weighted by Gasteiger charge is -2.23. The van der Waals surface area contributed by atoms with Crippen LogP contribution in [0.4, 0.5) is 16.2 Å². The van der Waals surface area contributed by atoms with Gasteiger partial charge in [0, 0.05) is 24.4 Å². The van der Waals surface area contributed by atoms with E-state index < -0.39 is 0 Å². The molecule has 1 aliphatic rings. The first-order valence-corrected chi connectivity index (χ1v) is 8.07. The molecule has 0 radical (unpaired) electrons. The van der Waals surface area contributed by atoms with Crippen molar-refractivity contribution in [2.24, 2.45) is 5.92 Å². The molecule has 6 heteroatoms. The topological polar surface area (TPSA) is 79.5 Å². The highest BCUT2D eigenvalue weighted by molar-refractivity contribution is 5.95. The molecule has 0 unspecified atom stereocenters. The van der Waals surface area contributed by atoms with Gasteiger partial charge in [-0.25, -0.2) is 4.79 Å². The molecule has 0 aliphatic carbocycles. The molecule has 0 spiro atoms. The van der Waals surface area contributed by atoms with Gasteiger partial charge in [-0.05, 0) is 43.0 Å². The molecule has 1 aliphatic heterocycles. The van der Waals surface area contributed by atoms with Crippen molar-refractivity contribution >= 4 is 23.3 Å². The number of nitrogens with one attached hydrogen (secondary N) is 3. The van der Waals surface area contributed by atoms with Crippen molar-refractivity contribution < 1.29 is 14.3 Å². The van der Waals surface area contributed by atoms with Gasteiger partial charge in [-0.3, -0.25) is 4.79 Å². The summed E-state index contributed by atoms with van der Waals surface area (Å²) in [7, 11) is 0. The van der Waals surface area contributed by atoms with Gasteiger partial charge < -0.3 is 20.7 Å². The first-order valence-electron chi connectivity index (χ1n) is 8.07. The summed E-state index contributed by atoms with van der Waals surface area (Å²) in [5, 5.41) is 8.62. The van der Waals surface area contributed by atoms with Gasteiger partial charge in [-0.2, -0.15) is 0 Å². The first-order chi connectivity index (χ1) is 11.0. The third kappa shape index (κ3) is 4.96. The van der Waals surface area contributed by atoms with Crippen molar-refractivity contribution in [3.05, 3.63) is 23.8 Å². The second-order valence-corrected chi connectivity index (χ2v) is 6.03. The third-order valence-corrected chi connectivity index (χ3v) is 3.88. The maximum atomic E-state index is 12.2. The van der Waals surface area contributed by atoms with Crippen LogP contribution in [-0.2, 0) is 16.0 Å². The molecule has 0 aromatic heterocycles. The quantitative estimate of drug-likeness (QED) is 0.754. The number of ether oxygens (including phenoxy) is 1. The highest BCUT2D eigenvalue weighted by Crippen LogP contribution is 2.25. The van der Waals surface area contributed by atoms with Gasteiger partial charge in [-0.15, -0.1) is 0 Å². The fraction of sp³-hybridized carbons (Fsp3) is 0.529. The molecule has 23 heavy (non-hydrogen) atoms. The van der Waals surface area contributed by atoms with Crippen molar-refractivity contribution in [1.29, 1.82) is 0 Å². The van der Waals surface area contributed by atoms with E-state index in [4.69, 9.17) is 4.74 Å². The molecule has 1 heterocycles. The molecule has 126 valence electrons. The number of urea groups is 1. The Bertz CT molecular complexity index is 572. The van der Waals surface area contributed by atoms with E-state index in [2.05, 4.69) is 16.0 Å². The number of hydrogen-bond acceptors (Lipinski definition) is 3. The second kappa shape index (κ2) is 7.97. The minimum absolute atomic E-state index is 0.0339. The maximum Gasteiger partial charge on any atom is 0.319 e. The molecule has 0 saturated heterocycles. The summed E-state index contributed by atoms with van der Waals surface area (Å²) in [6.07, 6.45) is 1.17. The minimum atomic E-state index is -0.247. The average Bonchev–Trinajstić information content (AvgIpc) is 2.51. The summed E-state index contributed by atoms with van der Waals surface area (Å²) in [5.41, 5.74) is 2.58. The van der Waals surface area contributed by atoms with Crippen LogP contribution in [-0.4, -0.2) is 31.2 Å². The van der Waals surface area contributed by atoms with Crippen LogP contribution in [0.3, 0.4) is 0 Å². The molecule has 1 aromatic rings. The fourth-order valence-electron chi connectivity index (χ4n) is 2.44. The van der Waals surface area contributed by atoms with E-state index in [1.165, 1.54) is 0 Å². The largest absolute Gasteiger partial charge is 0.380 e. The van der Waals surface area contributed by atoms with Gasteiger partial charge in [0.05, 0.1) is 12.6 Å². The number of amides is 3. The Kier molecular flexibility index (Phi) is 5.98. The van der Waals surface area contributed by atoms with Gasteiger partial charge in [0.1, 0.15) is 0 Å². The lowest BCUT2D eigenvalue weighted by Crippen LogP contribution is -2.44. The number of rotatable bonds is 6. The smallest absolute Gasteiger partial charge is 0.319 e. The summed E-state index contributed by atoms with van der Waals surface area (Å²) in [6, 6.07) is 5.23. The van der Waals surface area contributed by atoms with E-state index in [0.29, 0.717) is 26.1 Å². The van der Waals surface area contributed by atoms with Gasteiger partial charge in [0.2, 0.25) is 5.91 Å². The zero-order valence-electron chi connectivity index (χ0n) is 13.9. The number of hydrogen-bond donors (Lipinski definition) is 3. The molecule has 0 bridgehead atoms. The molecule has 3 amide bonds. The molecule has 3 N–H and O–H groups in total. The van der Waals surface area contributed by atoms with E-state index in [1.54, 1.807) is 6.07 Å². The predicted molar refractivity (Wildman–Crippen MR) is 90.7 cm³/mol. The molecular weight excluding hydrogens is 294 g/mol. The van der Waals surface area contributed by atoms with Crippen molar-refractivity contribution in [1.82, 2.24) is 5.32 Å². The molecule has 6 nitrogen and oxygen atoms in total. The van der Waals surface area contributed by atoms with Crippen molar-refractivity contribution in [3.63, 3.8) is 0 Å². The predicted octanol–water partition coefficient (Wildman–Crippen LogP) is 2.75. The number of aryl methyl sites for hydroxylation is 1. The van der Waals surface area contributed by atoms with Crippen LogP contribution in [0.25, 0.3) is 0 Å². The highest BCUT2D eigenvalue weighted by Gasteiger charge is 2.18. The van der Waals surface area contributed by atoms with Gasteiger partial charge in [-0.1, -0.05) is 13.8 Å². The molecule has 0 fully saturated rings. The summed E-state index contributed by atoms with van der Waals surface area (Å²) in [4.78, 5) is 23.5. The Balaban J connectivity index is 1.95. The van der Waals surface area contributed by atoms with E-state index in [1.807, 2.05) is 32.9 Å². The van der Waals surface area contributed by atoms with Crippen molar-refractivity contribution in [3.8, 4) is 0 Å². The number of benzene rings is 1. The Morgan fingerprint density at radius 1 is 1.35 bits per heavy atom. The van der Waals surface area contributed by atoms with Gasteiger partial charge in [0.25, 0.3) is 0 Å². The number of fused-ring (bicyclic) bond motifs is 1. The standard InChI is InChI=1S/C17H25N3O3/c1-4-23-10-15(11(2)3)20-17(22)18-13-6-7-14-12(9-13)5-8-16(21)19-14/h6-7,9,11,15H,4-5,8,10H2,1-3H3,(H,19,21)(H2,18,20,22)/t15-/m1/s1. The lowest BCUT2D eigenvalue weighted by molar-refractivity contribution is -0.116. The molecule has 1 atom stereocenters. The zero-order valence-corrected chi connectivity index (χ0v) is 13.9. The third-order valence-electron chi connectivity index (χ3n) is 3.88. The van der Waals surface area contributed by atoms with Crippen molar-refractivity contribution in [2.45, 2.75) is 39.7 Å². The number of anilines is 2. The maximum absolute atomic E-state index is 12.2. The van der Waals surface area contributed by atoms with Crippen LogP contribution in [0.2, 0.25) is 0 Å². The monoisotopic (exact) mass is 319 g/mol.